The molecule has 0 fully saturated rings. The molecule has 12 heteroatoms. The summed E-state index contributed by atoms with van der Waals surface area (Å²) in [4.78, 5) is 21.7. The van der Waals surface area contributed by atoms with Crippen LogP contribution in [0.25, 0.3) is 0 Å². The number of carbonyl (C=O) groups excluding carboxylic acids is 1. The van der Waals surface area contributed by atoms with Crippen molar-refractivity contribution >= 4 is 22.4 Å². The van der Waals surface area contributed by atoms with Crippen molar-refractivity contribution in [2.24, 2.45) is 0 Å². The molecule has 23 heavy (non-hydrogen) atoms. The Kier molecular flexibility index (Phi) is 5.53. The van der Waals surface area contributed by atoms with Crippen molar-refractivity contribution in [2.75, 3.05) is 0 Å². The molecule has 2 N–H and O–H groups in total. The second-order valence-corrected chi connectivity index (χ2v) is 5.14. The van der Waals surface area contributed by atoms with Gasteiger partial charge in [0.2, 0.25) is 0 Å². The predicted octanol–water partition coefficient (Wildman–Crippen LogP) is 0.954. The number of halogens is 4. The molecule has 0 saturated heterocycles. The van der Waals surface area contributed by atoms with Crippen molar-refractivity contribution in [1.82, 2.24) is 5.32 Å². The number of hydrogen-bond donors (Lipinski definition) is 2. The molecule has 0 heterocycles. The fourth-order valence-corrected chi connectivity index (χ4v) is 1.85. The van der Waals surface area contributed by atoms with E-state index < -0.39 is 46.8 Å². The number of hydrogen-bond acceptors (Lipinski definition) is 5. The van der Waals surface area contributed by atoms with Crippen LogP contribution >= 0.6 is 0 Å². The molecule has 128 valence electrons. The topological polar surface area (TPSA) is 110 Å². The van der Waals surface area contributed by atoms with Gasteiger partial charge in [-0.3, -0.25) is 4.79 Å². The van der Waals surface area contributed by atoms with E-state index in [2.05, 4.69) is 4.18 Å². The van der Waals surface area contributed by atoms with Gasteiger partial charge in [0.15, 0.2) is 0 Å². The van der Waals surface area contributed by atoms with E-state index in [1.54, 1.807) is 0 Å². The van der Waals surface area contributed by atoms with Gasteiger partial charge >= 0.3 is 28.6 Å². The van der Waals surface area contributed by atoms with E-state index in [-0.39, 0.29) is 5.56 Å². The molecule has 0 aliphatic rings. The molecule has 7 nitrogen and oxygen atoms in total. The van der Waals surface area contributed by atoms with Gasteiger partial charge in [0.1, 0.15) is 11.8 Å². The highest BCUT2D eigenvalue weighted by Crippen LogP contribution is 2.18. The van der Waals surface area contributed by atoms with Gasteiger partial charge in [0.05, 0.1) is 0 Å². The van der Waals surface area contributed by atoms with Crippen LogP contribution in [0.2, 0.25) is 0 Å². The van der Waals surface area contributed by atoms with Gasteiger partial charge < -0.3 is 14.6 Å². The Morgan fingerprint density at radius 1 is 1.30 bits per heavy atom. The molecule has 0 aliphatic heterocycles. The Labute approximate surface area is 127 Å². The SMILES string of the molecule is O=C(O)[C@H](Cc1cccc(OS(=O)(=O)F)c1)NC(=O)C(F)(F)F. The number of aliphatic carboxylic acids is 1. The van der Waals surface area contributed by atoms with Crippen molar-refractivity contribution in [3.05, 3.63) is 29.8 Å². The number of alkyl halides is 3. The number of carboxylic acids is 1. The van der Waals surface area contributed by atoms with E-state index in [1.165, 1.54) is 17.4 Å². The lowest BCUT2D eigenvalue weighted by atomic mass is 10.1. The standard InChI is InChI=1S/C11H9F4NO6S/c12-11(13,14)10(19)16-8(9(17)18)5-6-2-1-3-7(4-6)22-23(15,20)21/h1-4,8H,5H2,(H,16,19)(H,17,18)/t8-/m0/s1. The highest BCUT2D eigenvalue weighted by Gasteiger charge is 2.40. The molecular weight excluding hydrogens is 350 g/mol. The van der Waals surface area contributed by atoms with E-state index >= 15 is 0 Å². The summed E-state index contributed by atoms with van der Waals surface area (Å²) in [6, 6.07) is 2.41. The highest BCUT2D eigenvalue weighted by atomic mass is 32.3. The van der Waals surface area contributed by atoms with Crippen LogP contribution in [-0.4, -0.2) is 37.6 Å². The number of carboxylic acid groups (broad SMARTS) is 1. The third kappa shape index (κ3) is 6.50. The van der Waals surface area contributed by atoms with Crippen LogP contribution in [0.1, 0.15) is 5.56 Å². The van der Waals surface area contributed by atoms with Gasteiger partial charge in [-0.2, -0.15) is 21.6 Å². The minimum Gasteiger partial charge on any atom is -0.480 e. The first-order chi connectivity index (χ1) is 10.4. The zero-order valence-corrected chi connectivity index (χ0v) is 11.8. The number of amides is 1. The second kappa shape index (κ2) is 6.81. The first kappa shape index (κ1) is 18.7. The Balaban J connectivity index is 2.91. The Morgan fingerprint density at radius 2 is 1.91 bits per heavy atom. The minimum atomic E-state index is -5.31. The Hall–Kier alpha value is -2.37. The van der Waals surface area contributed by atoms with Gasteiger partial charge in [-0.15, -0.1) is 0 Å². The second-order valence-electron chi connectivity index (χ2n) is 4.19. The zero-order valence-electron chi connectivity index (χ0n) is 11.0. The van der Waals surface area contributed by atoms with Crippen LogP contribution < -0.4 is 9.50 Å². The molecule has 0 bridgehead atoms. The van der Waals surface area contributed by atoms with Crippen LogP contribution in [-0.2, 0) is 26.5 Å². The average Bonchev–Trinajstić information content (AvgIpc) is 2.34. The summed E-state index contributed by atoms with van der Waals surface area (Å²) in [6.45, 7) is 0. The zero-order chi connectivity index (χ0) is 17.8. The molecule has 0 spiro atoms. The molecule has 0 aliphatic carbocycles. The summed E-state index contributed by atoms with van der Waals surface area (Å²) in [5, 5.41) is 10.1. The van der Waals surface area contributed by atoms with Crippen LogP contribution in [0.3, 0.4) is 0 Å². The number of benzene rings is 1. The Morgan fingerprint density at radius 3 is 2.39 bits per heavy atom. The van der Waals surface area contributed by atoms with Crippen LogP contribution in [0, 0.1) is 0 Å². The van der Waals surface area contributed by atoms with Crippen molar-refractivity contribution in [3.63, 3.8) is 0 Å². The quantitative estimate of drug-likeness (QED) is 0.578. The summed E-state index contributed by atoms with van der Waals surface area (Å²) in [5.41, 5.74) is 0.000949. The maximum absolute atomic E-state index is 12.4. The average molecular weight is 359 g/mol. The largest absolute Gasteiger partial charge is 0.488 e. The number of carbonyl (C=O) groups is 2. The molecule has 0 radical (unpaired) electrons. The first-order valence-corrected chi connectivity index (χ1v) is 7.03. The number of nitrogens with one attached hydrogen (secondary N) is 1. The highest BCUT2D eigenvalue weighted by molar-refractivity contribution is 7.81. The van der Waals surface area contributed by atoms with Gasteiger partial charge in [0.25, 0.3) is 0 Å². The first-order valence-electron chi connectivity index (χ1n) is 5.72. The molecule has 0 aromatic heterocycles. The lowest BCUT2D eigenvalue weighted by Gasteiger charge is -2.16. The van der Waals surface area contributed by atoms with Crippen molar-refractivity contribution < 1.29 is 44.4 Å². The molecule has 1 rings (SSSR count). The summed E-state index contributed by atoms with van der Waals surface area (Å²) in [6.07, 6.45) is -5.87. The molecule has 1 amide bonds. The molecule has 1 aromatic rings. The summed E-state index contributed by atoms with van der Waals surface area (Å²) < 4.78 is 73.3. The van der Waals surface area contributed by atoms with E-state index in [4.69, 9.17) is 5.11 Å². The fourth-order valence-electron chi connectivity index (χ4n) is 1.52. The van der Waals surface area contributed by atoms with E-state index in [0.717, 1.165) is 12.1 Å². The van der Waals surface area contributed by atoms with Crippen molar-refractivity contribution in [1.29, 1.82) is 0 Å². The molecule has 0 saturated carbocycles. The molecule has 1 aromatic carbocycles. The monoisotopic (exact) mass is 359 g/mol. The van der Waals surface area contributed by atoms with Gasteiger partial charge in [-0.25, -0.2) is 4.79 Å². The van der Waals surface area contributed by atoms with Crippen molar-refractivity contribution in [2.45, 2.75) is 18.6 Å². The lowest BCUT2D eigenvalue weighted by Crippen LogP contribution is -2.47. The maximum atomic E-state index is 12.4. The van der Waals surface area contributed by atoms with E-state index in [0.29, 0.717) is 0 Å². The molecular formula is C11H9F4NO6S. The smallest absolute Gasteiger partial charge is 0.480 e. The van der Waals surface area contributed by atoms with Crippen molar-refractivity contribution in [3.8, 4) is 5.75 Å². The van der Waals surface area contributed by atoms with Crippen LogP contribution in [0.4, 0.5) is 17.1 Å². The van der Waals surface area contributed by atoms with Crippen LogP contribution in [0.5, 0.6) is 5.75 Å². The maximum Gasteiger partial charge on any atom is 0.488 e. The number of rotatable bonds is 6. The van der Waals surface area contributed by atoms with Gasteiger partial charge in [0, 0.05) is 6.42 Å². The normalized spacial score (nSPS) is 13.2. The fraction of sp³-hybridized carbons (Fsp3) is 0.273. The van der Waals surface area contributed by atoms with Crippen LogP contribution in [0.15, 0.2) is 24.3 Å². The summed E-state index contributed by atoms with van der Waals surface area (Å²) in [7, 11) is -5.31. The predicted molar refractivity (Wildman–Crippen MR) is 66.4 cm³/mol. The Bertz CT molecular complexity index is 703. The summed E-state index contributed by atoms with van der Waals surface area (Å²) >= 11 is 0. The third-order valence-corrected chi connectivity index (χ3v) is 2.79. The summed E-state index contributed by atoms with van der Waals surface area (Å²) in [5.74, 6) is -4.69. The lowest BCUT2D eigenvalue weighted by molar-refractivity contribution is -0.175. The van der Waals surface area contributed by atoms with E-state index in [9.17, 15) is 35.1 Å². The van der Waals surface area contributed by atoms with E-state index in [1.807, 2.05) is 0 Å². The minimum absolute atomic E-state index is 0.000949. The molecule has 0 unspecified atom stereocenters. The van der Waals surface area contributed by atoms with Gasteiger partial charge in [-0.1, -0.05) is 16.0 Å². The third-order valence-electron chi connectivity index (χ3n) is 2.39. The molecule has 1 atom stereocenters. The van der Waals surface area contributed by atoms with Gasteiger partial charge in [-0.05, 0) is 17.7 Å².